The first kappa shape index (κ1) is 20.0. The van der Waals surface area contributed by atoms with Gasteiger partial charge in [-0.2, -0.15) is 5.10 Å². The molecule has 8 heteroatoms. The van der Waals surface area contributed by atoms with E-state index in [1.165, 1.54) is 11.8 Å². The van der Waals surface area contributed by atoms with Crippen LogP contribution in [-0.4, -0.2) is 36.3 Å². The third-order valence-corrected chi connectivity index (χ3v) is 5.97. The monoisotopic (exact) mass is 418 g/mol. The lowest BCUT2D eigenvalue weighted by molar-refractivity contribution is -0.120. The van der Waals surface area contributed by atoms with Gasteiger partial charge in [0.05, 0.1) is 12.2 Å². The average Bonchev–Trinajstić information content (AvgIpc) is 3.12. The number of thioether (sulfide) groups is 1. The van der Waals surface area contributed by atoms with E-state index in [4.69, 9.17) is 5.73 Å². The van der Waals surface area contributed by atoms with Crippen molar-refractivity contribution in [3.05, 3.63) is 77.0 Å². The number of aromatic nitrogens is 3. The van der Waals surface area contributed by atoms with Crippen LogP contribution >= 0.6 is 11.8 Å². The maximum atomic E-state index is 12.0. The molecule has 1 atom stereocenters. The second-order valence-corrected chi connectivity index (χ2v) is 8.39. The van der Waals surface area contributed by atoms with E-state index in [2.05, 4.69) is 26.1 Å². The van der Waals surface area contributed by atoms with Gasteiger partial charge in [-0.1, -0.05) is 17.8 Å². The Labute approximate surface area is 179 Å². The molecule has 0 saturated heterocycles. The molecule has 0 saturated carbocycles. The van der Waals surface area contributed by atoms with E-state index in [-0.39, 0.29) is 0 Å². The minimum Gasteiger partial charge on any atom is -0.367 e. The summed E-state index contributed by atoms with van der Waals surface area (Å²) in [7, 11) is 0. The van der Waals surface area contributed by atoms with E-state index in [1.807, 2.05) is 45.2 Å². The van der Waals surface area contributed by atoms with Gasteiger partial charge in [-0.05, 0) is 55.7 Å². The van der Waals surface area contributed by atoms with Crippen LogP contribution < -0.4 is 5.73 Å². The molecular formula is C22H22N6OS. The minimum atomic E-state index is -0.566. The Kier molecular flexibility index (Phi) is 5.50. The summed E-state index contributed by atoms with van der Waals surface area (Å²) in [6, 6.07) is 8.04. The van der Waals surface area contributed by atoms with Crippen molar-refractivity contribution in [3.63, 3.8) is 0 Å². The highest BCUT2D eigenvalue weighted by Gasteiger charge is 2.32. The SMILES string of the molecule is Cc1cncc(C2=NN(Cc3cnc(-c4ccnc(C)c4)c(C)c3)C(C(N)=O)S2)c1. The molecule has 152 valence electrons. The number of pyridine rings is 3. The normalized spacial score (nSPS) is 15.9. The topological polar surface area (TPSA) is 97.4 Å². The third-order valence-electron chi connectivity index (χ3n) is 4.73. The Morgan fingerprint density at radius 3 is 2.63 bits per heavy atom. The standard InChI is InChI=1S/C22H22N6OS/c1-13-6-18(11-24-9-13)21-27-28(22(30-21)20(23)29)12-16-7-14(2)19(26-10-16)17-4-5-25-15(3)8-17/h4-11,22H,12H2,1-3H3,(H2,23,29). The predicted octanol–water partition coefficient (Wildman–Crippen LogP) is 3.19. The molecule has 4 rings (SSSR count). The molecule has 30 heavy (non-hydrogen) atoms. The molecule has 0 spiro atoms. The molecule has 1 aliphatic heterocycles. The number of hydrazone groups is 1. The van der Waals surface area contributed by atoms with Crippen molar-refractivity contribution in [2.45, 2.75) is 32.7 Å². The number of hydrogen-bond acceptors (Lipinski definition) is 7. The highest BCUT2D eigenvalue weighted by molar-refractivity contribution is 8.15. The zero-order valence-corrected chi connectivity index (χ0v) is 17.8. The Hall–Kier alpha value is -3.26. The van der Waals surface area contributed by atoms with E-state index in [0.717, 1.165) is 44.2 Å². The first-order chi connectivity index (χ1) is 14.4. The molecular weight excluding hydrogens is 396 g/mol. The van der Waals surface area contributed by atoms with Crippen LogP contribution in [0.25, 0.3) is 11.3 Å². The van der Waals surface area contributed by atoms with Gasteiger partial charge in [0.1, 0.15) is 5.04 Å². The molecule has 0 bridgehead atoms. The molecule has 3 aromatic heterocycles. The quantitative estimate of drug-likeness (QED) is 0.683. The van der Waals surface area contributed by atoms with Gasteiger partial charge in [-0.15, -0.1) is 0 Å². The highest BCUT2D eigenvalue weighted by atomic mass is 32.2. The molecule has 0 fully saturated rings. The number of hydrogen-bond donors (Lipinski definition) is 1. The van der Waals surface area contributed by atoms with Crippen LogP contribution in [0, 0.1) is 20.8 Å². The van der Waals surface area contributed by atoms with Crippen molar-refractivity contribution < 1.29 is 4.79 Å². The first-order valence-electron chi connectivity index (χ1n) is 9.52. The summed E-state index contributed by atoms with van der Waals surface area (Å²) in [5, 5.41) is 6.55. The van der Waals surface area contributed by atoms with Crippen LogP contribution in [0.2, 0.25) is 0 Å². The number of rotatable bonds is 5. The van der Waals surface area contributed by atoms with Crippen molar-refractivity contribution in [2.24, 2.45) is 10.8 Å². The molecule has 3 aromatic rings. The molecule has 4 heterocycles. The number of carbonyl (C=O) groups is 1. The summed E-state index contributed by atoms with van der Waals surface area (Å²) < 4.78 is 0. The van der Waals surface area contributed by atoms with Gasteiger partial charge < -0.3 is 5.73 Å². The smallest absolute Gasteiger partial charge is 0.252 e. The summed E-state index contributed by atoms with van der Waals surface area (Å²) >= 11 is 1.35. The van der Waals surface area contributed by atoms with Crippen LogP contribution in [0.4, 0.5) is 0 Å². The minimum absolute atomic E-state index is 0.423. The van der Waals surface area contributed by atoms with Crippen molar-refractivity contribution in [3.8, 4) is 11.3 Å². The van der Waals surface area contributed by atoms with Crippen molar-refractivity contribution in [2.75, 3.05) is 0 Å². The molecule has 0 aliphatic carbocycles. The number of nitrogens with zero attached hydrogens (tertiary/aromatic N) is 5. The summed E-state index contributed by atoms with van der Waals surface area (Å²) in [5.41, 5.74) is 12.5. The lowest BCUT2D eigenvalue weighted by Crippen LogP contribution is -2.36. The van der Waals surface area contributed by atoms with Gasteiger partial charge >= 0.3 is 0 Å². The largest absolute Gasteiger partial charge is 0.367 e. The summed E-state index contributed by atoms with van der Waals surface area (Å²) in [6.07, 6.45) is 7.14. The number of nitrogens with two attached hydrogens (primary N) is 1. The molecule has 1 amide bonds. The lowest BCUT2D eigenvalue weighted by atomic mass is 10.1. The van der Waals surface area contributed by atoms with Crippen LogP contribution in [0.1, 0.15) is 27.9 Å². The molecule has 1 unspecified atom stereocenters. The van der Waals surface area contributed by atoms with Crippen LogP contribution in [0.15, 0.2) is 54.2 Å². The maximum Gasteiger partial charge on any atom is 0.252 e. The summed E-state index contributed by atoms with van der Waals surface area (Å²) in [6.45, 7) is 6.40. The van der Waals surface area contributed by atoms with Gasteiger partial charge in [0.2, 0.25) is 0 Å². The third kappa shape index (κ3) is 4.18. The molecule has 0 radical (unpaired) electrons. The Morgan fingerprint density at radius 1 is 1.10 bits per heavy atom. The second-order valence-electron chi connectivity index (χ2n) is 7.32. The van der Waals surface area contributed by atoms with E-state index in [9.17, 15) is 4.79 Å². The van der Waals surface area contributed by atoms with Gasteiger partial charge in [-0.25, -0.2) is 0 Å². The summed E-state index contributed by atoms with van der Waals surface area (Å²) in [5.74, 6) is -0.423. The number of primary amides is 1. The van der Waals surface area contributed by atoms with Gasteiger partial charge in [0.15, 0.2) is 5.37 Å². The van der Waals surface area contributed by atoms with E-state index < -0.39 is 11.3 Å². The Bertz CT molecular complexity index is 1150. The van der Waals surface area contributed by atoms with E-state index >= 15 is 0 Å². The molecule has 7 nitrogen and oxygen atoms in total. The fourth-order valence-corrected chi connectivity index (χ4v) is 4.35. The number of carbonyl (C=O) groups excluding carboxylic acids is 1. The zero-order chi connectivity index (χ0) is 21.3. The fourth-order valence-electron chi connectivity index (χ4n) is 3.38. The van der Waals surface area contributed by atoms with Crippen LogP contribution in [0.5, 0.6) is 0 Å². The van der Waals surface area contributed by atoms with Crippen LogP contribution in [0.3, 0.4) is 0 Å². The Balaban J connectivity index is 1.60. The second kappa shape index (κ2) is 8.23. The van der Waals surface area contributed by atoms with E-state index in [0.29, 0.717) is 6.54 Å². The molecule has 0 aromatic carbocycles. The van der Waals surface area contributed by atoms with Gasteiger partial charge in [0.25, 0.3) is 5.91 Å². The number of aryl methyl sites for hydroxylation is 3. The predicted molar refractivity (Wildman–Crippen MR) is 119 cm³/mol. The highest BCUT2D eigenvalue weighted by Crippen LogP contribution is 2.31. The van der Waals surface area contributed by atoms with Crippen LogP contribution in [-0.2, 0) is 11.3 Å². The maximum absolute atomic E-state index is 12.0. The first-order valence-corrected chi connectivity index (χ1v) is 10.4. The zero-order valence-electron chi connectivity index (χ0n) is 17.0. The molecule has 1 aliphatic rings. The Morgan fingerprint density at radius 2 is 1.93 bits per heavy atom. The lowest BCUT2D eigenvalue weighted by Gasteiger charge is -2.20. The summed E-state index contributed by atoms with van der Waals surface area (Å²) in [4.78, 5) is 25.2. The average molecular weight is 419 g/mol. The van der Waals surface area contributed by atoms with Crippen molar-refractivity contribution >= 4 is 22.7 Å². The molecule has 2 N–H and O–H groups in total. The van der Waals surface area contributed by atoms with E-state index in [1.54, 1.807) is 23.6 Å². The van der Waals surface area contributed by atoms with Gasteiger partial charge in [-0.3, -0.25) is 24.8 Å². The van der Waals surface area contributed by atoms with Gasteiger partial charge in [0, 0.05) is 41.6 Å². The fraction of sp³-hybridized carbons (Fsp3) is 0.227. The number of amides is 1. The van der Waals surface area contributed by atoms with Crippen molar-refractivity contribution in [1.82, 2.24) is 20.0 Å². The van der Waals surface area contributed by atoms with Crippen molar-refractivity contribution in [1.29, 1.82) is 0 Å².